The third kappa shape index (κ3) is 1.82. The van der Waals surface area contributed by atoms with Crippen LogP contribution < -0.4 is 5.73 Å². The van der Waals surface area contributed by atoms with Crippen LogP contribution in [0.1, 0.15) is 13.8 Å². The lowest BCUT2D eigenvalue weighted by molar-refractivity contribution is -0.120. The van der Waals surface area contributed by atoms with Gasteiger partial charge in [-0.25, -0.2) is 4.99 Å². The Labute approximate surface area is 97.7 Å². The average molecular weight is 236 g/mol. The number of nitrogens with two attached hydrogens (primary N) is 1. The number of aliphatic imine (C=N–C) groups is 1. The van der Waals surface area contributed by atoms with Crippen molar-refractivity contribution < 1.29 is 9.59 Å². The molecule has 0 fully saturated rings. The fourth-order valence-corrected chi connectivity index (χ4v) is 2.70. The molecule has 0 aliphatic carbocycles. The van der Waals surface area contributed by atoms with E-state index < -0.39 is 11.8 Å². The number of primary amides is 1. The van der Waals surface area contributed by atoms with Gasteiger partial charge in [0, 0.05) is 10.8 Å². The standard InChI is InChI=1S/C11H12N2O2S/c1-5(2)8-4-6-3-7(9(12)14)10(15)13-11(6)16-8/h3-5,8H,1-2H3,(H2,12,14). The molecule has 16 heavy (non-hydrogen) atoms. The molecule has 2 heterocycles. The summed E-state index contributed by atoms with van der Waals surface area (Å²) in [5, 5.41) is 1.01. The largest absolute Gasteiger partial charge is 0.365 e. The lowest BCUT2D eigenvalue weighted by Gasteiger charge is -2.10. The van der Waals surface area contributed by atoms with Gasteiger partial charge >= 0.3 is 0 Å². The molecular weight excluding hydrogens is 224 g/mol. The molecule has 4 nitrogen and oxygen atoms in total. The SMILES string of the molecule is CC(C)C1C=C2C=C(C(N)=O)C(=O)N=C2S1. The molecule has 0 aromatic carbocycles. The van der Waals surface area contributed by atoms with Gasteiger partial charge < -0.3 is 5.73 Å². The summed E-state index contributed by atoms with van der Waals surface area (Å²) in [6, 6.07) is 0. The van der Waals surface area contributed by atoms with Crippen LogP contribution in [0.25, 0.3) is 0 Å². The summed E-state index contributed by atoms with van der Waals surface area (Å²) in [5.74, 6) is -0.783. The van der Waals surface area contributed by atoms with Gasteiger partial charge in [0.15, 0.2) is 0 Å². The zero-order valence-corrected chi connectivity index (χ0v) is 9.88. The minimum Gasteiger partial charge on any atom is -0.365 e. The maximum absolute atomic E-state index is 11.5. The summed E-state index contributed by atoms with van der Waals surface area (Å²) in [5.41, 5.74) is 5.92. The van der Waals surface area contributed by atoms with E-state index in [0.717, 1.165) is 5.57 Å². The summed E-state index contributed by atoms with van der Waals surface area (Å²) < 4.78 is 0. The number of thioether (sulfide) groups is 1. The molecule has 2 amide bonds. The lowest BCUT2D eigenvalue weighted by atomic mass is 10.0. The van der Waals surface area contributed by atoms with Gasteiger partial charge in [-0.3, -0.25) is 9.59 Å². The quantitative estimate of drug-likeness (QED) is 0.728. The predicted molar refractivity (Wildman–Crippen MR) is 64.0 cm³/mol. The molecule has 1 unspecified atom stereocenters. The maximum atomic E-state index is 11.5. The summed E-state index contributed by atoms with van der Waals surface area (Å²) in [7, 11) is 0. The van der Waals surface area contributed by atoms with E-state index in [2.05, 4.69) is 18.8 Å². The Kier molecular flexibility index (Phi) is 2.71. The molecule has 2 aliphatic rings. The van der Waals surface area contributed by atoms with E-state index in [-0.39, 0.29) is 5.57 Å². The molecule has 2 N–H and O–H groups in total. The highest BCUT2D eigenvalue weighted by Crippen LogP contribution is 2.36. The van der Waals surface area contributed by atoms with Crippen LogP contribution in [0.15, 0.2) is 28.3 Å². The normalized spacial score (nSPS) is 23.8. The topological polar surface area (TPSA) is 72.5 Å². The molecule has 0 bridgehead atoms. The number of allylic oxidation sites excluding steroid dienone is 1. The summed E-state index contributed by atoms with van der Waals surface area (Å²) in [6.07, 6.45) is 3.58. The summed E-state index contributed by atoms with van der Waals surface area (Å²) in [4.78, 5) is 26.3. The fourth-order valence-electron chi connectivity index (χ4n) is 1.55. The van der Waals surface area contributed by atoms with Gasteiger partial charge in [-0.05, 0) is 12.0 Å². The molecule has 0 aromatic heterocycles. The summed E-state index contributed by atoms with van der Waals surface area (Å²) in [6.45, 7) is 4.21. The van der Waals surface area contributed by atoms with Crippen molar-refractivity contribution in [2.24, 2.45) is 16.6 Å². The van der Waals surface area contributed by atoms with Crippen molar-refractivity contribution in [3.63, 3.8) is 0 Å². The van der Waals surface area contributed by atoms with E-state index in [0.29, 0.717) is 16.2 Å². The van der Waals surface area contributed by atoms with E-state index in [4.69, 9.17) is 5.73 Å². The smallest absolute Gasteiger partial charge is 0.283 e. The van der Waals surface area contributed by atoms with E-state index in [1.165, 1.54) is 0 Å². The number of fused-ring (bicyclic) bond motifs is 1. The molecule has 0 saturated carbocycles. The predicted octanol–water partition coefficient (Wildman–Crippen LogP) is 1.03. The van der Waals surface area contributed by atoms with E-state index in [1.54, 1.807) is 17.8 Å². The molecule has 0 saturated heterocycles. The second-order valence-corrected chi connectivity index (χ2v) is 5.26. The van der Waals surface area contributed by atoms with Crippen molar-refractivity contribution in [2.75, 3.05) is 0 Å². The Hall–Kier alpha value is -1.36. The van der Waals surface area contributed by atoms with Crippen LogP contribution in [-0.4, -0.2) is 22.1 Å². The Balaban J connectivity index is 2.36. The number of rotatable bonds is 2. The molecule has 0 radical (unpaired) electrons. The van der Waals surface area contributed by atoms with Gasteiger partial charge in [0.05, 0.1) is 0 Å². The molecule has 0 spiro atoms. The van der Waals surface area contributed by atoms with Crippen LogP contribution in [0, 0.1) is 5.92 Å². The van der Waals surface area contributed by atoms with Crippen LogP contribution in [-0.2, 0) is 9.59 Å². The van der Waals surface area contributed by atoms with Crippen molar-refractivity contribution in [2.45, 2.75) is 19.1 Å². The van der Waals surface area contributed by atoms with Crippen LogP contribution in [0.3, 0.4) is 0 Å². The highest BCUT2D eigenvalue weighted by Gasteiger charge is 2.30. The number of carbonyl (C=O) groups is 2. The highest BCUT2D eigenvalue weighted by molar-refractivity contribution is 8.15. The Morgan fingerprint density at radius 3 is 2.81 bits per heavy atom. The first kappa shape index (κ1) is 11.1. The first-order valence-corrected chi connectivity index (χ1v) is 5.90. The van der Waals surface area contributed by atoms with Gasteiger partial charge in [0.1, 0.15) is 10.6 Å². The van der Waals surface area contributed by atoms with Crippen LogP contribution in [0.5, 0.6) is 0 Å². The maximum Gasteiger partial charge on any atom is 0.283 e. The van der Waals surface area contributed by atoms with Crippen molar-refractivity contribution in [1.82, 2.24) is 0 Å². The molecule has 84 valence electrons. The first-order chi connectivity index (χ1) is 7.49. The third-order valence-corrected chi connectivity index (χ3v) is 4.00. The number of hydrogen-bond donors (Lipinski definition) is 1. The van der Waals surface area contributed by atoms with Crippen molar-refractivity contribution >= 4 is 28.6 Å². The van der Waals surface area contributed by atoms with Gasteiger partial charge in [-0.15, -0.1) is 0 Å². The molecule has 0 aromatic rings. The molecule has 1 atom stereocenters. The lowest BCUT2D eigenvalue weighted by Crippen LogP contribution is -2.23. The first-order valence-electron chi connectivity index (χ1n) is 5.02. The number of carbonyl (C=O) groups excluding carboxylic acids is 2. The second-order valence-electron chi connectivity index (χ2n) is 4.09. The Bertz CT molecular complexity index is 461. The van der Waals surface area contributed by atoms with E-state index >= 15 is 0 Å². The van der Waals surface area contributed by atoms with Crippen LogP contribution >= 0.6 is 11.8 Å². The number of nitrogens with zero attached hydrogens (tertiary/aromatic N) is 1. The van der Waals surface area contributed by atoms with Crippen molar-refractivity contribution in [3.05, 3.63) is 23.3 Å². The minimum absolute atomic E-state index is 0.0278. The molecular formula is C11H12N2O2S. The Morgan fingerprint density at radius 1 is 1.56 bits per heavy atom. The molecule has 2 aliphatic heterocycles. The monoisotopic (exact) mass is 236 g/mol. The molecule has 5 heteroatoms. The van der Waals surface area contributed by atoms with Gasteiger partial charge in [-0.1, -0.05) is 31.7 Å². The molecule has 2 rings (SSSR count). The number of hydrogen-bond acceptors (Lipinski definition) is 3. The second kappa shape index (κ2) is 3.90. The minimum atomic E-state index is -0.716. The number of dihydropyridines is 1. The summed E-state index contributed by atoms with van der Waals surface area (Å²) >= 11 is 1.56. The van der Waals surface area contributed by atoms with Crippen molar-refractivity contribution in [3.8, 4) is 0 Å². The van der Waals surface area contributed by atoms with Crippen LogP contribution in [0.4, 0.5) is 0 Å². The fraction of sp³-hybridized carbons (Fsp3) is 0.364. The zero-order chi connectivity index (χ0) is 11.9. The van der Waals surface area contributed by atoms with E-state index in [1.807, 2.05) is 6.08 Å². The zero-order valence-electron chi connectivity index (χ0n) is 9.06. The van der Waals surface area contributed by atoms with Crippen LogP contribution in [0.2, 0.25) is 0 Å². The number of amides is 2. The third-order valence-electron chi connectivity index (χ3n) is 2.49. The Morgan fingerprint density at radius 2 is 2.25 bits per heavy atom. The van der Waals surface area contributed by atoms with Gasteiger partial charge in [0.25, 0.3) is 11.8 Å². The highest BCUT2D eigenvalue weighted by atomic mass is 32.2. The van der Waals surface area contributed by atoms with Gasteiger partial charge in [-0.2, -0.15) is 0 Å². The van der Waals surface area contributed by atoms with Gasteiger partial charge in [0.2, 0.25) is 0 Å². The van der Waals surface area contributed by atoms with Crippen molar-refractivity contribution in [1.29, 1.82) is 0 Å². The average Bonchev–Trinajstić information content (AvgIpc) is 2.58. The van der Waals surface area contributed by atoms with E-state index in [9.17, 15) is 9.59 Å².